The minimum absolute atomic E-state index is 0.0134. The normalized spacial score (nSPS) is 11.7. The predicted molar refractivity (Wildman–Crippen MR) is 59.9 cm³/mol. The molecule has 1 aromatic carbocycles. The Hall–Kier alpha value is -2.11. The molecule has 0 amide bonds. The number of nitro benzene ring substituents is 1. The first-order valence-electron chi connectivity index (χ1n) is 4.95. The Morgan fingerprint density at radius 3 is 2.59 bits per heavy atom. The van der Waals surface area contributed by atoms with Crippen molar-refractivity contribution >= 4 is 11.7 Å². The number of rotatable bonds is 4. The Labute approximate surface area is 98.3 Å². The molecule has 0 aliphatic carbocycles. The number of hydrogen-bond donors (Lipinski definition) is 0. The van der Waals surface area contributed by atoms with Crippen molar-refractivity contribution in [1.82, 2.24) is 0 Å². The first kappa shape index (κ1) is 13.0. The summed E-state index contributed by atoms with van der Waals surface area (Å²) in [6.07, 6.45) is -0.750. The molecular formula is C11H13NO5. The first-order valence-corrected chi connectivity index (χ1v) is 4.95. The van der Waals surface area contributed by atoms with E-state index in [1.165, 1.54) is 25.3 Å². The van der Waals surface area contributed by atoms with E-state index >= 15 is 0 Å². The second-order valence-corrected chi connectivity index (χ2v) is 3.49. The minimum Gasteiger partial charge on any atom is -0.479 e. The predicted octanol–water partition coefficient (Wildman–Crippen LogP) is 1.84. The van der Waals surface area contributed by atoms with Crippen LogP contribution >= 0.6 is 0 Å². The van der Waals surface area contributed by atoms with Gasteiger partial charge in [-0.05, 0) is 25.5 Å². The van der Waals surface area contributed by atoms with Gasteiger partial charge in [-0.25, -0.2) is 4.79 Å². The lowest BCUT2D eigenvalue weighted by Gasteiger charge is -2.13. The van der Waals surface area contributed by atoms with Crippen molar-refractivity contribution in [3.63, 3.8) is 0 Å². The number of esters is 1. The molecule has 92 valence electrons. The van der Waals surface area contributed by atoms with Gasteiger partial charge in [-0.1, -0.05) is 0 Å². The molecule has 17 heavy (non-hydrogen) atoms. The monoisotopic (exact) mass is 239 g/mol. The van der Waals surface area contributed by atoms with E-state index in [2.05, 4.69) is 4.74 Å². The van der Waals surface area contributed by atoms with Crippen molar-refractivity contribution in [3.05, 3.63) is 33.9 Å². The Balaban J connectivity index is 2.86. The molecule has 1 rings (SSSR count). The zero-order chi connectivity index (χ0) is 13.0. The summed E-state index contributed by atoms with van der Waals surface area (Å²) in [6.45, 7) is 3.22. The fourth-order valence-electron chi connectivity index (χ4n) is 1.28. The van der Waals surface area contributed by atoms with Gasteiger partial charge in [0.2, 0.25) is 0 Å². The number of carbonyl (C=O) groups is 1. The van der Waals surface area contributed by atoms with Gasteiger partial charge >= 0.3 is 5.97 Å². The molecule has 0 fully saturated rings. The number of nitrogens with zero attached hydrogens (tertiary/aromatic N) is 1. The highest BCUT2D eigenvalue weighted by Crippen LogP contribution is 2.24. The average molecular weight is 239 g/mol. The van der Waals surface area contributed by atoms with E-state index in [4.69, 9.17) is 4.74 Å². The molecule has 6 nitrogen and oxygen atoms in total. The van der Waals surface area contributed by atoms with Gasteiger partial charge in [0, 0.05) is 12.1 Å². The van der Waals surface area contributed by atoms with Gasteiger partial charge in [0.25, 0.3) is 5.69 Å². The van der Waals surface area contributed by atoms with E-state index in [1.807, 2.05) is 0 Å². The summed E-state index contributed by atoms with van der Waals surface area (Å²) in [5.74, 6) is -0.0729. The molecule has 0 saturated carbocycles. The summed E-state index contributed by atoms with van der Waals surface area (Å²) in [5.41, 5.74) is 0.579. The standard InChI is InChI=1S/C11H13NO5/c1-7-6-9(12(14)15)4-5-10(7)17-8(2)11(13)16-3/h4-6,8H,1-3H3/t8-/m0/s1. The topological polar surface area (TPSA) is 78.7 Å². The molecule has 0 saturated heterocycles. The van der Waals surface area contributed by atoms with Crippen LogP contribution in [0.5, 0.6) is 5.75 Å². The molecular weight excluding hydrogens is 226 g/mol. The number of benzene rings is 1. The van der Waals surface area contributed by atoms with Crippen LogP contribution in [0.1, 0.15) is 12.5 Å². The lowest BCUT2D eigenvalue weighted by atomic mass is 10.2. The van der Waals surface area contributed by atoms with E-state index in [0.717, 1.165) is 0 Å². The lowest BCUT2D eigenvalue weighted by molar-refractivity contribution is -0.384. The summed E-state index contributed by atoms with van der Waals surface area (Å²) in [6, 6.07) is 4.18. The van der Waals surface area contributed by atoms with Gasteiger partial charge in [-0.2, -0.15) is 0 Å². The molecule has 0 N–H and O–H groups in total. The van der Waals surface area contributed by atoms with Crippen LogP contribution in [0.2, 0.25) is 0 Å². The van der Waals surface area contributed by atoms with Crippen LogP contribution in [-0.4, -0.2) is 24.1 Å². The van der Waals surface area contributed by atoms with Crippen LogP contribution < -0.4 is 4.74 Å². The number of ether oxygens (including phenoxy) is 2. The average Bonchev–Trinajstić information content (AvgIpc) is 2.30. The third-order valence-electron chi connectivity index (χ3n) is 2.21. The third-order valence-corrected chi connectivity index (χ3v) is 2.21. The molecule has 0 aliphatic rings. The number of carbonyl (C=O) groups excluding carboxylic acids is 1. The molecule has 0 aromatic heterocycles. The summed E-state index contributed by atoms with van der Waals surface area (Å²) < 4.78 is 9.85. The third kappa shape index (κ3) is 3.17. The highest BCUT2D eigenvalue weighted by molar-refractivity contribution is 5.74. The molecule has 0 aliphatic heterocycles. The fraction of sp³-hybridized carbons (Fsp3) is 0.364. The molecule has 0 unspecified atom stereocenters. The van der Waals surface area contributed by atoms with E-state index in [1.54, 1.807) is 13.8 Å². The molecule has 0 spiro atoms. The smallest absolute Gasteiger partial charge is 0.346 e. The highest BCUT2D eigenvalue weighted by atomic mass is 16.6. The molecule has 0 radical (unpaired) electrons. The van der Waals surface area contributed by atoms with E-state index in [9.17, 15) is 14.9 Å². The lowest BCUT2D eigenvalue weighted by Crippen LogP contribution is -2.25. The number of nitro groups is 1. The number of non-ortho nitro benzene ring substituents is 1. The summed E-state index contributed by atoms with van der Waals surface area (Å²) in [4.78, 5) is 21.2. The number of methoxy groups -OCH3 is 1. The molecule has 0 heterocycles. The summed E-state index contributed by atoms with van der Waals surface area (Å²) in [7, 11) is 1.27. The number of aryl methyl sites for hydroxylation is 1. The molecule has 6 heteroatoms. The van der Waals surface area contributed by atoms with Crippen molar-refractivity contribution in [1.29, 1.82) is 0 Å². The van der Waals surface area contributed by atoms with Crippen molar-refractivity contribution < 1.29 is 19.2 Å². The second kappa shape index (κ2) is 5.29. The van der Waals surface area contributed by atoms with Crippen molar-refractivity contribution in [2.45, 2.75) is 20.0 Å². The zero-order valence-electron chi connectivity index (χ0n) is 9.80. The quantitative estimate of drug-likeness (QED) is 0.455. The SMILES string of the molecule is COC(=O)[C@H](C)Oc1ccc([N+](=O)[O-])cc1C. The fourth-order valence-corrected chi connectivity index (χ4v) is 1.28. The Kier molecular flexibility index (Phi) is 4.03. The molecule has 0 bridgehead atoms. The summed E-state index contributed by atoms with van der Waals surface area (Å²) >= 11 is 0. The van der Waals surface area contributed by atoms with Crippen LogP contribution in [0.15, 0.2) is 18.2 Å². The Morgan fingerprint density at radius 1 is 1.47 bits per heavy atom. The van der Waals surface area contributed by atoms with Gasteiger partial charge in [0.05, 0.1) is 12.0 Å². The van der Waals surface area contributed by atoms with E-state index < -0.39 is 17.0 Å². The first-order chi connectivity index (χ1) is 7.95. The minimum atomic E-state index is -0.750. The van der Waals surface area contributed by atoms with Gasteiger partial charge in [-0.15, -0.1) is 0 Å². The summed E-state index contributed by atoms with van der Waals surface area (Å²) in [5, 5.41) is 10.5. The maximum absolute atomic E-state index is 11.1. The van der Waals surface area contributed by atoms with Gasteiger partial charge in [0.1, 0.15) is 5.75 Å². The van der Waals surface area contributed by atoms with Crippen LogP contribution in [0.4, 0.5) is 5.69 Å². The highest BCUT2D eigenvalue weighted by Gasteiger charge is 2.17. The number of hydrogen-bond acceptors (Lipinski definition) is 5. The second-order valence-electron chi connectivity index (χ2n) is 3.49. The molecule has 1 atom stereocenters. The van der Waals surface area contributed by atoms with E-state index in [0.29, 0.717) is 11.3 Å². The zero-order valence-corrected chi connectivity index (χ0v) is 9.80. The Morgan fingerprint density at radius 2 is 2.12 bits per heavy atom. The maximum atomic E-state index is 11.1. The van der Waals surface area contributed by atoms with Crippen LogP contribution in [-0.2, 0) is 9.53 Å². The largest absolute Gasteiger partial charge is 0.479 e. The maximum Gasteiger partial charge on any atom is 0.346 e. The van der Waals surface area contributed by atoms with Crippen LogP contribution in [0.3, 0.4) is 0 Å². The van der Waals surface area contributed by atoms with Crippen LogP contribution in [0, 0.1) is 17.0 Å². The van der Waals surface area contributed by atoms with E-state index in [-0.39, 0.29) is 5.69 Å². The van der Waals surface area contributed by atoms with Gasteiger partial charge < -0.3 is 9.47 Å². The van der Waals surface area contributed by atoms with Crippen molar-refractivity contribution in [3.8, 4) is 5.75 Å². The van der Waals surface area contributed by atoms with Crippen LogP contribution in [0.25, 0.3) is 0 Å². The van der Waals surface area contributed by atoms with Gasteiger partial charge in [0.15, 0.2) is 6.10 Å². The van der Waals surface area contributed by atoms with Gasteiger partial charge in [-0.3, -0.25) is 10.1 Å². The molecule has 1 aromatic rings. The van der Waals surface area contributed by atoms with Crippen molar-refractivity contribution in [2.75, 3.05) is 7.11 Å². The van der Waals surface area contributed by atoms with Crippen molar-refractivity contribution in [2.24, 2.45) is 0 Å². The Bertz CT molecular complexity index is 443.